The Balaban J connectivity index is 1.65. The Morgan fingerprint density at radius 2 is 1.81 bits per heavy atom. The Bertz CT molecular complexity index is 1330. The lowest BCUT2D eigenvalue weighted by molar-refractivity contribution is -0.122. The smallest absolute Gasteiger partial charge is 0.329 e. The molecule has 36 heavy (non-hydrogen) atoms. The van der Waals surface area contributed by atoms with Crippen molar-refractivity contribution in [2.24, 2.45) is 4.99 Å². The van der Waals surface area contributed by atoms with E-state index < -0.39 is 24.8 Å². The van der Waals surface area contributed by atoms with Gasteiger partial charge in [0.2, 0.25) is 5.91 Å². The quantitative estimate of drug-likeness (QED) is 0.303. The van der Waals surface area contributed by atoms with Crippen LogP contribution in [-0.2, 0) is 11.2 Å². The molecule has 0 saturated heterocycles. The van der Waals surface area contributed by atoms with Gasteiger partial charge in [0.15, 0.2) is 0 Å². The Morgan fingerprint density at radius 1 is 1.08 bits per heavy atom. The Hall–Kier alpha value is -3.12. The molecule has 0 bridgehead atoms. The van der Waals surface area contributed by atoms with E-state index >= 15 is 0 Å². The standard InChI is InChI=1S/C25H19ClF3IN4O2/c26-19-4-2-1-3-15(19)11-21-23(35)34-20-10-7-16(30)12-18(20)22(33-21)14-5-8-17(9-6-14)32-24(36)31-13-25(27,28)29/h1-10,12,21H,11,13H2,(H,34,35)(H2,31,32,36). The van der Waals surface area contributed by atoms with Crippen molar-refractivity contribution in [3.05, 3.63) is 92.0 Å². The maximum absolute atomic E-state index is 13.1. The number of fused-ring (bicyclic) bond motifs is 1. The first-order chi connectivity index (χ1) is 17.1. The first-order valence-corrected chi connectivity index (χ1v) is 12.2. The number of carbonyl (C=O) groups is 2. The molecule has 3 N–H and O–H groups in total. The lowest BCUT2D eigenvalue weighted by atomic mass is 10.00. The lowest BCUT2D eigenvalue weighted by Crippen LogP contribution is -2.36. The molecule has 0 aromatic heterocycles. The molecule has 1 unspecified atom stereocenters. The van der Waals surface area contributed by atoms with Gasteiger partial charge in [0, 0.05) is 31.8 Å². The summed E-state index contributed by atoms with van der Waals surface area (Å²) in [6, 6.07) is 17.6. The topological polar surface area (TPSA) is 82.6 Å². The molecule has 0 spiro atoms. The van der Waals surface area contributed by atoms with E-state index in [4.69, 9.17) is 16.6 Å². The van der Waals surface area contributed by atoms with E-state index in [1.807, 2.05) is 36.4 Å². The van der Waals surface area contributed by atoms with Crippen LogP contribution in [0.15, 0.2) is 71.7 Å². The van der Waals surface area contributed by atoms with Crippen molar-refractivity contribution in [2.75, 3.05) is 17.2 Å². The van der Waals surface area contributed by atoms with Gasteiger partial charge in [-0.2, -0.15) is 13.2 Å². The summed E-state index contributed by atoms with van der Waals surface area (Å²) in [7, 11) is 0. The molecule has 6 nitrogen and oxygen atoms in total. The van der Waals surface area contributed by atoms with Crippen molar-refractivity contribution in [2.45, 2.75) is 18.6 Å². The molecule has 0 saturated carbocycles. The average molecular weight is 627 g/mol. The van der Waals surface area contributed by atoms with Crippen molar-refractivity contribution in [1.29, 1.82) is 0 Å². The van der Waals surface area contributed by atoms with E-state index in [-0.39, 0.29) is 5.91 Å². The van der Waals surface area contributed by atoms with Crippen LogP contribution in [-0.4, -0.2) is 36.4 Å². The van der Waals surface area contributed by atoms with Crippen LogP contribution in [0.2, 0.25) is 5.02 Å². The van der Waals surface area contributed by atoms with Gasteiger partial charge in [0.25, 0.3) is 0 Å². The van der Waals surface area contributed by atoms with Crippen molar-refractivity contribution in [3.8, 4) is 0 Å². The van der Waals surface area contributed by atoms with Gasteiger partial charge in [0.1, 0.15) is 12.6 Å². The Labute approximate surface area is 223 Å². The highest BCUT2D eigenvalue weighted by Crippen LogP contribution is 2.28. The van der Waals surface area contributed by atoms with E-state index in [1.165, 1.54) is 0 Å². The van der Waals surface area contributed by atoms with Gasteiger partial charge in [-0.1, -0.05) is 41.9 Å². The van der Waals surface area contributed by atoms with Crippen LogP contribution in [0.5, 0.6) is 0 Å². The van der Waals surface area contributed by atoms with Gasteiger partial charge < -0.3 is 16.0 Å². The number of nitrogens with zero attached hydrogens (tertiary/aromatic N) is 1. The molecule has 1 aliphatic rings. The number of halogens is 5. The van der Waals surface area contributed by atoms with Crippen LogP contribution in [0.1, 0.15) is 16.7 Å². The molecule has 11 heteroatoms. The Morgan fingerprint density at radius 3 is 2.50 bits per heavy atom. The molecule has 4 rings (SSSR count). The van der Waals surface area contributed by atoms with Gasteiger partial charge in [-0.25, -0.2) is 4.79 Å². The minimum absolute atomic E-state index is 0.271. The molecule has 1 heterocycles. The van der Waals surface area contributed by atoms with Crippen LogP contribution >= 0.6 is 34.2 Å². The maximum Gasteiger partial charge on any atom is 0.405 e. The van der Waals surface area contributed by atoms with E-state index in [9.17, 15) is 22.8 Å². The fraction of sp³-hybridized carbons (Fsp3) is 0.160. The predicted octanol–water partition coefficient (Wildman–Crippen LogP) is 6.03. The normalized spacial score (nSPS) is 15.3. The fourth-order valence-corrected chi connectivity index (χ4v) is 4.33. The predicted molar refractivity (Wildman–Crippen MR) is 142 cm³/mol. The van der Waals surface area contributed by atoms with Crippen molar-refractivity contribution in [1.82, 2.24) is 5.32 Å². The summed E-state index contributed by atoms with van der Waals surface area (Å²) in [6.07, 6.45) is -4.21. The number of nitrogens with one attached hydrogen (secondary N) is 3. The number of hydrogen-bond donors (Lipinski definition) is 3. The van der Waals surface area contributed by atoms with Crippen molar-refractivity contribution >= 4 is 63.2 Å². The number of carbonyl (C=O) groups excluding carboxylic acids is 2. The summed E-state index contributed by atoms with van der Waals surface area (Å²) in [4.78, 5) is 29.6. The number of rotatable bonds is 5. The third-order valence-corrected chi connectivity index (χ3v) is 6.36. The zero-order chi connectivity index (χ0) is 25.9. The van der Waals surface area contributed by atoms with Crippen LogP contribution < -0.4 is 16.0 Å². The molecule has 3 aromatic carbocycles. The summed E-state index contributed by atoms with van der Waals surface area (Å²) < 4.78 is 37.9. The number of anilines is 2. The molecule has 3 amide bonds. The van der Waals surface area contributed by atoms with E-state index in [1.54, 1.807) is 35.6 Å². The number of hydrogen-bond acceptors (Lipinski definition) is 3. The number of aliphatic imine (C=N–C) groups is 1. The fourth-order valence-electron chi connectivity index (χ4n) is 3.63. The summed E-state index contributed by atoms with van der Waals surface area (Å²) >= 11 is 8.49. The molecule has 1 atom stereocenters. The summed E-state index contributed by atoms with van der Waals surface area (Å²) in [5, 5.41) is 7.61. The SMILES string of the molecule is O=C(NCC(F)(F)F)Nc1ccc(C2=NC(Cc3ccccc3Cl)C(=O)Nc3ccc(I)cc32)cc1. The second-order valence-electron chi connectivity index (χ2n) is 7.97. The van der Waals surface area contributed by atoms with Gasteiger partial charge >= 0.3 is 12.2 Å². The molecular weight excluding hydrogens is 608 g/mol. The van der Waals surface area contributed by atoms with Gasteiger partial charge in [-0.3, -0.25) is 9.79 Å². The van der Waals surface area contributed by atoms with Crippen LogP contribution in [0.4, 0.5) is 29.3 Å². The summed E-state index contributed by atoms with van der Waals surface area (Å²) in [5.41, 5.74) is 3.65. The zero-order valence-electron chi connectivity index (χ0n) is 18.5. The molecular formula is C25H19ClF3IN4O2. The number of benzene rings is 3. The van der Waals surface area contributed by atoms with Gasteiger partial charge in [-0.05, 0) is 64.6 Å². The second-order valence-corrected chi connectivity index (χ2v) is 9.62. The highest BCUT2D eigenvalue weighted by molar-refractivity contribution is 14.1. The molecule has 3 aromatic rings. The highest BCUT2D eigenvalue weighted by atomic mass is 127. The van der Waals surface area contributed by atoms with Crippen molar-refractivity contribution < 1.29 is 22.8 Å². The van der Waals surface area contributed by atoms with Crippen LogP contribution in [0.25, 0.3) is 0 Å². The average Bonchev–Trinajstić information content (AvgIpc) is 2.95. The molecule has 186 valence electrons. The monoisotopic (exact) mass is 626 g/mol. The first kappa shape index (κ1) is 26.0. The van der Waals surface area contributed by atoms with E-state index in [2.05, 4.69) is 33.2 Å². The first-order valence-electron chi connectivity index (χ1n) is 10.7. The maximum atomic E-state index is 13.1. The third-order valence-electron chi connectivity index (χ3n) is 5.32. The van der Waals surface area contributed by atoms with Crippen LogP contribution in [0.3, 0.4) is 0 Å². The number of urea groups is 1. The highest BCUT2D eigenvalue weighted by Gasteiger charge is 2.28. The number of amides is 3. The summed E-state index contributed by atoms with van der Waals surface area (Å²) in [5.74, 6) is -0.271. The largest absolute Gasteiger partial charge is 0.405 e. The van der Waals surface area contributed by atoms with Crippen LogP contribution in [0, 0.1) is 3.57 Å². The van der Waals surface area contributed by atoms with Gasteiger partial charge in [0.05, 0.1) is 11.4 Å². The minimum atomic E-state index is -4.50. The van der Waals surface area contributed by atoms with E-state index in [0.717, 1.165) is 14.7 Å². The van der Waals surface area contributed by atoms with Crippen molar-refractivity contribution in [3.63, 3.8) is 0 Å². The Kier molecular flexibility index (Phi) is 7.84. The molecule has 1 aliphatic heterocycles. The third kappa shape index (κ3) is 6.55. The zero-order valence-corrected chi connectivity index (χ0v) is 21.4. The minimum Gasteiger partial charge on any atom is -0.329 e. The molecule has 0 radical (unpaired) electrons. The molecule has 0 fully saturated rings. The van der Waals surface area contributed by atoms with Gasteiger partial charge in [-0.15, -0.1) is 0 Å². The van der Waals surface area contributed by atoms with E-state index in [0.29, 0.717) is 34.1 Å². The summed E-state index contributed by atoms with van der Waals surface area (Å²) in [6.45, 7) is -1.43. The number of benzodiazepines with no additional fused rings is 1. The number of alkyl halides is 3. The lowest BCUT2D eigenvalue weighted by Gasteiger charge is -2.13. The molecule has 0 aliphatic carbocycles. The second kappa shape index (κ2) is 10.9.